The normalized spacial score (nSPS) is 10.1. The molecule has 0 radical (unpaired) electrons. The molecule has 0 saturated carbocycles. The van der Waals surface area contributed by atoms with E-state index in [2.05, 4.69) is 19.1 Å². The number of hydrogen-bond donors (Lipinski definition) is 1. The maximum Gasteiger partial charge on any atom is 0.394 e. The fraction of sp³-hybridized carbons (Fsp3) is 0.429. The molecule has 0 aliphatic carbocycles. The summed E-state index contributed by atoms with van der Waals surface area (Å²) in [5, 5.41) is 8.55. The van der Waals surface area contributed by atoms with Gasteiger partial charge in [0.2, 0.25) is 0 Å². The van der Waals surface area contributed by atoms with Crippen molar-refractivity contribution < 1.29 is 14.7 Å². The van der Waals surface area contributed by atoms with Crippen molar-refractivity contribution in [2.24, 2.45) is 0 Å². The molecule has 0 aliphatic heterocycles. The first-order valence-corrected chi connectivity index (χ1v) is 6.10. The quantitative estimate of drug-likeness (QED) is 0.808. The van der Waals surface area contributed by atoms with Crippen molar-refractivity contribution in [1.82, 2.24) is 4.90 Å². The van der Waals surface area contributed by atoms with E-state index in [0.717, 1.165) is 18.4 Å². The number of carbonyl (C=O) groups excluding carboxylic acids is 1. The van der Waals surface area contributed by atoms with Gasteiger partial charge in [-0.05, 0) is 24.0 Å². The molecule has 1 aromatic rings. The maximum atomic E-state index is 11.1. The van der Waals surface area contributed by atoms with E-state index in [1.165, 1.54) is 17.5 Å². The summed E-state index contributed by atoms with van der Waals surface area (Å²) in [6.45, 7) is 2.55. The van der Waals surface area contributed by atoms with Crippen LogP contribution in [0.5, 0.6) is 0 Å². The number of nitrogens with zero attached hydrogens (tertiary/aromatic N) is 1. The Bertz CT molecular complexity index is 412. The van der Waals surface area contributed by atoms with Crippen LogP contribution in [0.4, 0.5) is 0 Å². The number of carboxylic acid groups (broad SMARTS) is 1. The summed E-state index contributed by atoms with van der Waals surface area (Å²) in [6, 6.07) is 8.23. The first kappa shape index (κ1) is 14.2. The van der Waals surface area contributed by atoms with E-state index in [1.807, 2.05) is 12.1 Å². The van der Waals surface area contributed by atoms with Crippen LogP contribution >= 0.6 is 0 Å². The summed E-state index contributed by atoms with van der Waals surface area (Å²) < 4.78 is 0. The SMILES string of the molecule is CCCc1ccc(CCN(C)C(=O)C(=O)O)cc1. The van der Waals surface area contributed by atoms with Gasteiger partial charge in [-0.3, -0.25) is 4.79 Å². The topological polar surface area (TPSA) is 57.6 Å². The van der Waals surface area contributed by atoms with E-state index >= 15 is 0 Å². The first-order valence-electron chi connectivity index (χ1n) is 6.10. The molecule has 1 N–H and O–H groups in total. The smallest absolute Gasteiger partial charge is 0.394 e. The van der Waals surface area contributed by atoms with Crippen LogP contribution < -0.4 is 0 Å². The maximum absolute atomic E-state index is 11.1. The van der Waals surface area contributed by atoms with Crippen molar-refractivity contribution in [1.29, 1.82) is 0 Å². The Balaban J connectivity index is 2.48. The molecule has 98 valence electrons. The van der Waals surface area contributed by atoms with Gasteiger partial charge in [-0.25, -0.2) is 4.79 Å². The molecule has 1 rings (SSSR count). The Hall–Kier alpha value is -1.84. The molecule has 0 unspecified atom stereocenters. The van der Waals surface area contributed by atoms with E-state index in [0.29, 0.717) is 13.0 Å². The summed E-state index contributed by atoms with van der Waals surface area (Å²) in [6.07, 6.45) is 2.86. The second kappa shape index (κ2) is 6.79. The number of aliphatic carboxylic acids is 1. The lowest BCUT2D eigenvalue weighted by molar-refractivity contribution is -0.155. The molecule has 0 bridgehead atoms. The molecule has 0 aromatic heterocycles. The van der Waals surface area contributed by atoms with Gasteiger partial charge in [0.1, 0.15) is 0 Å². The summed E-state index contributed by atoms with van der Waals surface area (Å²) in [5.41, 5.74) is 2.41. The van der Waals surface area contributed by atoms with Gasteiger partial charge in [-0.1, -0.05) is 37.6 Å². The number of amides is 1. The zero-order valence-electron chi connectivity index (χ0n) is 10.8. The van der Waals surface area contributed by atoms with Crippen molar-refractivity contribution >= 4 is 11.9 Å². The molecule has 0 aliphatic rings. The average Bonchev–Trinajstić information content (AvgIpc) is 2.37. The van der Waals surface area contributed by atoms with Crippen LogP contribution in [0.1, 0.15) is 24.5 Å². The highest BCUT2D eigenvalue weighted by atomic mass is 16.4. The third-order valence-electron chi connectivity index (χ3n) is 2.83. The van der Waals surface area contributed by atoms with E-state index < -0.39 is 11.9 Å². The van der Waals surface area contributed by atoms with Crippen LogP contribution in [0.15, 0.2) is 24.3 Å². The molecular formula is C14H19NO3. The zero-order chi connectivity index (χ0) is 13.5. The number of carboxylic acids is 1. The van der Waals surface area contributed by atoms with Crippen LogP contribution in [0.25, 0.3) is 0 Å². The highest BCUT2D eigenvalue weighted by molar-refractivity contribution is 6.31. The molecule has 1 amide bonds. The summed E-state index contributed by atoms with van der Waals surface area (Å²) in [4.78, 5) is 22.8. The van der Waals surface area contributed by atoms with Gasteiger partial charge in [-0.15, -0.1) is 0 Å². The minimum absolute atomic E-state index is 0.415. The first-order chi connectivity index (χ1) is 8.54. The minimum atomic E-state index is -1.41. The van der Waals surface area contributed by atoms with Crippen molar-refractivity contribution in [2.45, 2.75) is 26.2 Å². The molecule has 0 fully saturated rings. The van der Waals surface area contributed by atoms with Crippen molar-refractivity contribution in [3.63, 3.8) is 0 Å². The molecule has 0 heterocycles. The predicted octanol–water partition coefficient (Wildman–Crippen LogP) is 1.72. The lowest BCUT2D eigenvalue weighted by Crippen LogP contribution is -2.34. The van der Waals surface area contributed by atoms with Crippen LogP contribution in [0.3, 0.4) is 0 Å². The van der Waals surface area contributed by atoms with Gasteiger partial charge in [-0.2, -0.15) is 0 Å². The number of aryl methyl sites for hydroxylation is 1. The van der Waals surface area contributed by atoms with E-state index in [9.17, 15) is 9.59 Å². The number of benzene rings is 1. The lowest BCUT2D eigenvalue weighted by Gasteiger charge is -2.14. The number of carbonyl (C=O) groups is 2. The molecule has 0 atom stereocenters. The third-order valence-corrected chi connectivity index (χ3v) is 2.83. The second-order valence-corrected chi connectivity index (χ2v) is 4.35. The monoisotopic (exact) mass is 249 g/mol. The molecule has 4 nitrogen and oxygen atoms in total. The predicted molar refractivity (Wildman–Crippen MR) is 69.4 cm³/mol. The fourth-order valence-electron chi connectivity index (χ4n) is 1.72. The van der Waals surface area contributed by atoms with Gasteiger partial charge in [0.25, 0.3) is 0 Å². The summed E-state index contributed by atoms with van der Waals surface area (Å²) >= 11 is 0. The molecule has 1 aromatic carbocycles. The highest BCUT2D eigenvalue weighted by Gasteiger charge is 2.16. The van der Waals surface area contributed by atoms with Crippen LogP contribution in [0, 0.1) is 0 Å². The number of rotatable bonds is 5. The van der Waals surface area contributed by atoms with Crippen molar-refractivity contribution in [2.75, 3.05) is 13.6 Å². The van der Waals surface area contributed by atoms with Crippen LogP contribution in [-0.4, -0.2) is 35.5 Å². The molecular weight excluding hydrogens is 230 g/mol. The Morgan fingerprint density at radius 2 is 1.61 bits per heavy atom. The van der Waals surface area contributed by atoms with Gasteiger partial charge in [0.05, 0.1) is 0 Å². The summed E-state index contributed by atoms with van der Waals surface area (Å²) in [7, 11) is 1.50. The van der Waals surface area contributed by atoms with Gasteiger partial charge in [0.15, 0.2) is 0 Å². The Morgan fingerprint density at radius 1 is 1.11 bits per heavy atom. The zero-order valence-corrected chi connectivity index (χ0v) is 10.8. The molecule has 18 heavy (non-hydrogen) atoms. The number of likely N-dealkylation sites (N-methyl/N-ethyl adjacent to an activating group) is 1. The summed E-state index contributed by atoms with van der Waals surface area (Å²) in [5.74, 6) is -2.27. The van der Waals surface area contributed by atoms with Gasteiger partial charge in [0, 0.05) is 13.6 Å². The van der Waals surface area contributed by atoms with Crippen LogP contribution in [-0.2, 0) is 22.4 Å². The molecule has 4 heteroatoms. The molecule has 0 saturated heterocycles. The lowest BCUT2D eigenvalue weighted by atomic mass is 10.1. The third kappa shape index (κ3) is 4.20. The van der Waals surface area contributed by atoms with Crippen molar-refractivity contribution in [3.05, 3.63) is 35.4 Å². The van der Waals surface area contributed by atoms with E-state index in [4.69, 9.17) is 5.11 Å². The Labute approximate surface area is 107 Å². The Morgan fingerprint density at radius 3 is 2.06 bits per heavy atom. The number of hydrogen-bond acceptors (Lipinski definition) is 2. The highest BCUT2D eigenvalue weighted by Crippen LogP contribution is 2.07. The minimum Gasteiger partial charge on any atom is -0.474 e. The largest absolute Gasteiger partial charge is 0.474 e. The van der Waals surface area contributed by atoms with Crippen molar-refractivity contribution in [3.8, 4) is 0 Å². The van der Waals surface area contributed by atoms with Gasteiger partial charge >= 0.3 is 11.9 Å². The van der Waals surface area contributed by atoms with Gasteiger partial charge < -0.3 is 10.0 Å². The standard InChI is InChI=1S/C14H19NO3/c1-3-4-11-5-7-12(8-6-11)9-10-15(2)13(16)14(17)18/h5-8H,3-4,9-10H2,1-2H3,(H,17,18). The average molecular weight is 249 g/mol. The second-order valence-electron chi connectivity index (χ2n) is 4.35. The van der Waals surface area contributed by atoms with E-state index in [-0.39, 0.29) is 0 Å². The molecule has 0 spiro atoms. The van der Waals surface area contributed by atoms with Crippen LogP contribution in [0.2, 0.25) is 0 Å². The Kier molecular flexibility index (Phi) is 5.36. The van der Waals surface area contributed by atoms with E-state index in [1.54, 1.807) is 0 Å². The fourth-order valence-corrected chi connectivity index (χ4v) is 1.72.